The van der Waals surface area contributed by atoms with E-state index in [2.05, 4.69) is 25.8 Å². The molecule has 0 bridgehead atoms. The second-order valence-corrected chi connectivity index (χ2v) is 9.12. The van der Waals surface area contributed by atoms with E-state index in [1.54, 1.807) is 11.3 Å². The van der Waals surface area contributed by atoms with Crippen LogP contribution in [0.4, 0.5) is 22.0 Å². The molecule has 1 fully saturated rings. The van der Waals surface area contributed by atoms with Crippen molar-refractivity contribution in [3.63, 3.8) is 0 Å². The Morgan fingerprint density at radius 1 is 0.967 bits per heavy atom. The van der Waals surface area contributed by atoms with E-state index in [1.807, 2.05) is 10.3 Å². The Morgan fingerprint density at radius 2 is 1.57 bits per heavy atom. The molecule has 1 aromatic carbocycles. The quantitative estimate of drug-likeness (QED) is 0.395. The molecule has 0 atom stereocenters. The Balaban J connectivity index is 1.71. The molecule has 1 aliphatic rings. The zero-order valence-corrected chi connectivity index (χ0v) is 17.7. The molecular formula is C20H22F5N3OS. The summed E-state index contributed by atoms with van der Waals surface area (Å²) >= 11 is 1.57. The molecule has 10 heteroatoms. The second kappa shape index (κ2) is 8.58. The smallest absolute Gasteiger partial charge is 0.260 e. The molecule has 1 saturated heterocycles. The average molecular weight is 447 g/mol. The summed E-state index contributed by atoms with van der Waals surface area (Å²) in [5, 5.41) is 2.99. The molecular weight excluding hydrogens is 425 g/mol. The fourth-order valence-electron chi connectivity index (χ4n) is 3.24. The molecule has 30 heavy (non-hydrogen) atoms. The van der Waals surface area contributed by atoms with E-state index in [9.17, 15) is 26.7 Å². The van der Waals surface area contributed by atoms with Crippen molar-refractivity contribution in [2.45, 2.75) is 39.2 Å². The number of carbonyl (C=O) groups is 1. The van der Waals surface area contributed by atoms with Crippen molar-refractivity contribution < 1.29 is 26.7 Å². The van der Waals surface area contributed by atoms with E-state index in [4.69, 9.17) is 0 Å². The van der Waals surface area contributed by atoms with Crippen LogP contribution in [0.25, 0.3) is 0 Å². The van der Waals surface area contributed by atoms with E-state index in [1.165, 1.54) is 0 Å². The molecule has 164 valence electrons. The summed E-state index contributed by atoms with van der Waals surface area (Å²) in [7, 11) is 0. The van der Waals surface area contributed by atoms with E-state index >= 15 is 0 Å². The van der Waals surface area contributed by atoms with Crippen molar-refractivity contribution in [3.05, 3.63) is 50.7 Å². The third-order valence-electron chi connectivity index (χ3n) is 4.88. The van der Waals surface area contributed by atoms with E-state index in [0.29, 0.717) is 26.1 Å². The van der Waals surface area contributed by atoms with Crippen LogP contribution >= 0.6 is 11.3 Å². The Kier molecular flexibility index (Phi) is 6.47. The van der Waals surface area contributed by atoms with Gasteiger partial charge in [-0.25, -0.2) is 26.9 Å². The van der Waals surface area contributed by atoms with Crippen LogP contribution in [0.5, 0.6) is 0 Å². The molecule has 0 aliphatic carbocycles. The zero-order chi connectivity index (χ0) is 22.2. The van der Waals surface area contributed by atoms with E-state index in [0.717, 1.165) is 15.6 Å². The van der Waals surface area contributed by atoms with E-state index in [-0.39, 0.29) is 18.5 Å². The van der Waals surface area contributed by atoms with E-state index < -0.39 is 40.6 Å². The Bertz CT molecular complexity index is 928. The summed E-state index contributed by atoms with van der Waals surface area (Å²) in [5.74, 6) is -11.9. The minimum Gasteiger partial charge on any atom is -0.337 e. The highest BCUT2D eigenvalue weighted by Crippen LogP contribution is 2.27. The SMILES string of the molecule is CC(C)(C)c1nc(CN2CCCN(C(=O)c3c(F)c(F)c(F)c(F)c3F)CC2)cs1. The predicted octanol–water partition coefficient (Wildman–Crippen LogP) is 4.48. The zero-order valence-electron chi connectivity index (χ0n) is 16.9. The molecule has 1 amide bonds. The van der Waals surface area contributed by atoms with Crippen molar-refractivity contribution in [3.8, 4) is 0 Å². The molecule has 2 heterocycles. The third-order valence-corrected chi connectivity index (χ3v) is 6.20. The fourth-order valence-corrected chi connectivity index (χ4v) is 4.13. The van der Waals surface area contributed by atoms with Crippen LogP contribution in [0, 0.1) is 29.1 Å². The standard InChI is InChI=1S/C20H22F5N3OS/c1-20(2,3)19-26-11(10-30-19)9-27-5-4-6-28(8-7-27)18(29)12-13(21)15(23)17(25)16(24)14(12)22/h10H,4-9H2,1-3H3. The van der Waals surface area contributed by atoms with Crippen LogP contribution in [0.15, 0.2) is 5.38 Å². The van der Waals surface area contributed by atoms with Crippen LogP contribution in [0.2, 0.25) is 0 Å². The lowest BCUT2D eigenvalue weighted by Gasteiger charge is -2.22. The molecule has 3 rings (SSSR count). The number of thiazole rings is 1. The largest absolute Gasteiger partial charge is 0.337 e. The van der Waals surface area contributed by atoms with Gasteiger partial charge in [0.2, 0.25) is 5.82 Å². The predicted molar refractivity (Wildman–Crippen MR) is 103 cm³/mol. The number of hydrogen-bond acceptors (Lipinski definition) is 4. The first-order chi connectivity index (χ1) is 14.0. The van der Waals surface area contributed by atoms with Crippen LogP contribution in [-0.4, -0.2) is 46.9 Å². The van der Waals surface area contributed by atoms with Gasteiger partial charge in [0.15, 0.2) is 23.3 Å². The molecule has 0 unspecified atom stereocenters. The normalized spacial score (nSPS) is 16.1. The number of aromatic nitrogens is 1. The maximum Gasteiger partial charge on any atom is 0.260 e. The van der Waals surface area contributed by atoms with Crippen LogP contribution < -0.4 is 0 Å². The molecule has 1 aromatic heterocycles. The Labute approximate surface area is 175 Å². The lowest BCUT2D eigenvalue weighted by Crippen LogP contribution is -2.36. The summed E-state index contributed by atoms with van der Waals surface area (Å²) in [6.45, 7) is 8.04. The lowest BCUT2D eigenvalue weighted by atomic mass is 9.98. The van der Waals surface area contributed by atoms with Gasteiger partial charge in [-0.05, 0) is 6.42 Å². The monoisotopic (exact) mass is 447 g/mol. The first-order valence-electron chi connectivity index (χ1n) is 9.48. The molecule has 1 aliphatic heterocycles. The van der Waals surface area contributed by atoms with Gasteiger partial charge in [0.05, 0.1) is 10.7 Å². The Morgan fingerprint density at radius 3 is 2.13 bits per heavy atom. The van der Waals surface area contributed by atoms with Gasteiger partial charge in [-0.1, -0.05) is 20.8 Å². The molecule has 4 nitrogen and oxygen atoms in total. The van der Waals surface area contributed by atoms with Gasteiger partial charge >= 0.3 is 0 Å². The minimum absolute atomic E-state index is 0.0568. The highest BCUT2D eigenvalue weighted by Gasteiger charge is 2.32. The molecule has 0 radical (unpaired) electrons. The number of benzene rings is 1. The number of nitrogens with zero attached hydrogens (tertiary/aromatic N) is 3. The summed E-state index contributed by atoms with van der Waals surface area (Å²) in [5.41, 5.74) is -0.572. The third kappa shape index (κ3) is 4.49. The van der Waals surface area contributed by atoms with Crippen molar-refractivity contribution in [2.75, 3.05) is 26.2 Å². The average Bonchev–Trinajstić information content (AvgIpc) is 3.04. The molecule has 2 aromatic rings. The highest BCUT2D eigenvalue weighted by atomic mass is 32.1. The van der Waals surface area contributed by atoms with Gasteiger partial charge in [-0.2, -0.15) is 0 Å². The summed E-state index contributed by atoms with van der Waals surface area (Å²) in [4.78, 5) is 20.4. The first kappa shape index (κ1) is 22.6. The van der Waals surface area contributed by atoms with Gasteiger partial charge in [0, 0.05) is 43.5 Å². The minimum atomic E-state index is -2.28. The van der Waals surface area contributed by atoms with Crippen molar-refractivity contribution in [1.82, 2.24) is 14.8 Å². The van der Waals surface area contributed by atoms with Crippen molar-refractivity contribution >= 4 is 17.2 Å². The lowest BCUT2D eigenvalue weighted by molar-refractivity contribution is 0.0747. The van der Waals surface area contributed by atoms with Crippen molar-refractivity contribution in [1.29, 1.82) is 0 Å². The molecule has 0 N–H and O–H groups in total. The second-order valence-electron chi connectivity index (χ2n) is 8.26. The van der Waals surface area contributed by atoms with Gasteiger partial charge < -0.3 is 4.90 Å². The van der Waals surface area contributed by atoms with Crippen molar-refractivity contribution in [2.24, 2.45) is 0 Å². The number of halogens is 5. The summed E-state index contributed by atoms with van der Waals surface area (Å²) in [6, 6.07) is 0. The molecule has 0 saturated carbocycles. The van der Waals surface area contributed by atoms with Gasteiger partial charge in [-0.3, -0.25) is 9.69 Å². The van der Waals surface area contributed by atoms with Crippen LogP contribution in [0.3, 0.4) is 0 Å². The van der Waals surface area contributed by atoms with Gasteiger partial charge in [-0.15, -0.1) is 11.3 Å². The van der Waals surface area contributed by atoms with Gasteiger partial charge in [0.25, 0.3) is 5.91 Å². The van der Waals surface area contributed by atoms with Crippen LogP contribution in [-0.2, 0) is 12.0 Å². The number of rotatable bonds is 3. The van der Waals surface area contributed by atoms with Crippen LogP contribution in [0.1, 0.15) is 48.3 Å². The number of amides is 1. The molecule has 0 spiro atoms. The van der Waals surface area contributed by atoms with Gasteiger partial charge in [0.1, 0.15) is 5.56 Å². The summed E-state index contributed by atoms with van der Waals surface area (Å²) < 4.78 is 68.1. The fraction of sp³-hybridized carbons (Fsp3) is 0.500. The highest BCUT2D eigenvalue weighted by molar-refractivity contribution is 7.09. The first-order valence-corrected chi connectivity index (χ1v) is 10.4. The Hall–Kier alpha value is -2.07. The number of carbonyl (C=O) groups excluding carboxylic acids is 1. The maximum atomic E-state index is 14.0. The topological polar surface area (TPSA) is 36.4 Å². The summed E-state index contributed by atoms with van der Waals surface area (Å²) in [6.07, 6.45) is 0.497. The number of hydrogen-bond donors (Lipinski definition) is 0. The maximum absolute atomic E-state index is 14.0.